The molecule has 3 unspecified atom stereocenters. The van der Waals surface area contributed by atoms with Gasteiger partial charge in [0, 0.05) is 19.4 Å². The first-order valence-electron chi connectivity index (χ1n) is 16.4. The van der Waals surface area contributed by atoms with Crippen LogP contribution in [-0.4, -0.2) is 61.5 Å². The highest BCUT2D eigenvalue weighted by Crippen LogP contribution is 2.44. The maximum absolute atomic E-state index is 13.0. The van der Waals surface area contributed by atoms with E-state index in [1.807, 2.05) is 13.8 Å². The van der Waals surface area contributed by atoms with Gasteiger partial charge in [-0.05, 0) is 78.6 Å². The fourth-order valence-corrected chi connectivity index (χ4v) is 5.57. The average molecular weight is 611 g/mol. The SMILES string of the molecule is CCCCCCCC[C@@H]1[C@@H](C/C=C\CCCC(=O)OC(C)C)[C@@H](OC(=O)C(C)OC(=O)C(C)OC(=O)C(C)OC)C[C@H]1C. The van der Waals surface area contributed by atoms with Crippen molar-refractivity contribution in [3.63, 3.8) is 0 Å². The molecule has 0 saturated heterocycles. The zero-order valence-corrected chi connectivity index (χ0v) is 27.9. The van der Waals surface area contributed by atoms with E-state index in [9.17, 15) is 19.2 Å². The highest BCUT2D eigenvalue weighted by atomic mass is 16.6. The standard InChI is InChI=1S/C34H58O9/c1-9-10-11-12-13-16-19-28-24(4)22-30(29(28)20-17-14-15-18-21-31(35)40-23(2)3)43-34(38)27(7)42-33(37)26(6)41-32(36)25(5)39-8/h14,17,23-30H,9-13,15-16,18-22H2,1-8H3/b17-14-/t24-,25?,26?,27?,28+,29-,30+/m1/s1. The molecule has 1 aliphatic rings. The maximum Gasteiger partial charge on any atom is 0.347 e. The minimum Gasteiger partial charge on any atom is -0.463 e. The van der Waals surface area contributed by atoms with Gasteiger partial charge in [-0.25, -0.2) is 14.4 Å². The van der Waals surface area contributed by atoms with Crippen LogP contribution in [0.2, 0.25) is 0 Å². The Morgan fingerprint density at radius 2 is 1.35 bits per heavy atom. The molecule has 1 saturated carbocycles. The Kier molecular flexibility index (Phi) is 19.1. The fourth-order valence-electron chi connectivity index (χ4n) is 5.57. The third-order valence-electron chi connectivity index (χ3n) is 8.15. The third-order valence-corrected chi connectivity index (χ3v) is 8.15. The summed E-state index contributed by atoms with van der Waals surface area (Å²) in [6.07, 6.45) is 12.6. The van der Waals surface area contributed by atoms with Crippen molar-refractivity contribution in [1.82, 2.24) is 0 Å². The number of ether oxygens (including phenoxy) is 5. The smallest absolute Gasteiger partial charge is 0.347 e. The molecule has 0 amide bonds. The molecule has 1 rings (SSSR count). The molecular formula is C34H58O9. The van der Waals surface area contributed by atoms with E-state index in [0.717, 1.165) is 38.5 Å². The second kappa shape index (κ2) is 21.3. The molecule has 0 radical (unpaired) electrons. The normalized spacial score (nSPS) is 22.3. The van der Waals surface area contributed by atoms with Crippen LogP contribution in [0.15, 0.2) is 12.2 Å². The first-order chi connectivity index (χ1) is 20.4. The number of rotatable bonds is 21. The highest BCUT2D eigenvalue weighted by Gasteiger charge is 2.42. The van der Waals surface area contributed by atoms with Crippen LogP contribution < -0.4 is 0 Å². The average Bonchev–Trinajstić information content (AvgIpc) is 3.24. The summed E-state index contributed by atoms with van der Waals surface area (Å²) in [5, 5.41) is 0. The number of hydrogen-bond acceptors (Lipinski definition) is 9. The van der Waals surface area contributed by atoms with Crippen molar-refractivity contribution in [2.45, 2.75) is 156 Å². The van der Waals surface area contributed by atoms with E-state index in [0.29, 0.717) is 18.3 Å². The van der Waals surface area contributed by atoms with Gasteiger partial charge in [0.2, 0.25) is 0 Å². The topological polar surface area (TPSA) is 114 Å². The van der Waals surface area contributed by atoms with Gasteiger partial charge in [0.1, 0.15) is 6.10 Å². The predicted molar refractivity (Wildman–Crippen MR) is 165 cm³/mol. The van der Waals surface area contributed by atoms with Crippen LogP contribution in [0.5, 0.6) is 0 Å². The van der Waals surface area contributed by atoms with Gasteiger partial charge in [0.05, 0.1) is 6.10 Å². The largest absolute Gasteiger partial charge is 0.463 e. The van der Waals surface area contributed by atoms with E-state index in [1.165, 1.54) is 60.0 Å². The Morgan fingerprint density at radius 1 is 0.744 bits per heavy atom. The summed E-state index contributed by atoms with van der Waals surface area (Å²) >= 11 is 0. The van der Waals surface area contributed by atoms with Crippen LogP contribution in [0.4, 0.5) is 0 Å². The number of hydrogen-bond donors (Lipinski definition) is 0. The summed E-state index contributed by atoms with van der Waals surface area (Å²) in [7, 11) is 1.37. The molecule has 0 aromatic carbocycles. The number of methoxy groups -OCH3 is 1. The summed E-state index contributed by atoms with van der Waals surface area (Å²) < 4.78 is 26.4. The first kappa shape index (κ1) is 38.6. The van der Waals surface area contributed by atoms with Crippen LogP contribution in [0.1, 0.15) is 126 Å². The van der Waals surface area contributed by atoms with Crippen molar-refractivity contribution < 1.29 is 42.9 Å². The summed E-state index contributed by atoms with van der Waals surface area (Å²) in [4.78, 5) is 49.2. The monoisotopic (exact) mass is 610 g/mol. The number of carbonyl (C=O) groups excluding carboxylic acids is 4. The van der Waals surface area contributed by atoms with E-state index in [4.69, 9.17) is 23.7 Å². The molecule has 0 aliphatic heterocycles. The molecule has 9 heteroatoms. The van der Waals surface area contributed by atoms with Crippen molar-refractivity contribution in [3.8, 4) is 0 Å². The van der Waals surface area contributed by atoms with Crippen molar-refractivity contribution >= 4 is 23.9 Å². The Hall–Kier alpha value is -2.42. The molecule has 1 aliphatic carbocycles. The van der Waals surface area contributed by atoms with Gasteiger partial charge in [-0.15, -0.1) is 0 Å². The van der Waals surface area contributed by atoms with Crippen LogP contribution in [0, 0.1) is 17.8 Å². The van der Waals surface area contributed by atoms with Crippen LogP contribution in [-0.2, 0) is 42.9 Å². The van der Waals surface area contributed by atoms with Gasteiger partial charge in [-0.3, -0.25) is 4.79 Å². The summed E-state index contributed by atoms with van der Waals surface area (Å²) in [6.45, 7) is 12.5. The van der Waals surface area contributed by atoms with Crippen LogP contribution >= 0.6 is 0 Å². The second-order valence-electron chi connectivity index (χ2n) is 12.2. The quantitative estimate of drug-likeness (QED) is 0.0593. The lowest BCUT2D eigenvalue weighted by atomic mass is 9.83. The number of unbranched alkanes of at least 4 members (excludes halogenated alkanes) is 6. The number of carbonyl (C=O) groups is 4. The molecule has 0 heterocycles. The minimum absolute atomic E-state index is 0.104. The van der Waals surface area contributed by atoms with E-state index in [1.54, 1.807) is 0 Å². The van der Waals surface area contributed by atoms with Gasteiger partial charge < -0.3 is 23.7 Å². The van der Waals surface area contributed by atoms with Gasteiger partial charge >= 0.3 is 23.9 Å². The summed E-state index contributed by atoms with van der Waals surface area (Å²) in [5.74, 6) is -1.30. The van der Waals surface area contributed by atoms with Gasteiger partial charge in [-0.1, -0.05) is 64.5 Å². The van der Waals surface area contributed by atoms with Gasteiger partial charge in [0.15, 0.2) is 18.3 Å². The predicted octanol–water partition coefficient (Wildman–Crippen LogP) is 6.89. The molecule has 9 nitrogen and oxygen atoms in total. The Labute approximate surface area is 259 Å². The van der Waals surface area contributed by atoms with Crippen LogP contribution in [0.25, 0.3) is 0 Å². The summed E-state index contributed by atoms with van der Waals surface area (Å²) in [5.41, 5.74) is 0. The zero-order chi connectivity index (χ0) is 32.4. The zero-order valence-electron chi connectivity index (χ0n) is 27.9. The molecule has 0 aromatic rings. The lowest BCUT2D eigenvalue weighted by Crippen LogP contribution is -2.37. The van der Waals surface area contributed by atoms with E-state index in [2.05, 4.69) is 26.0 Å². The molecule has 0 spiro atoms. The van der Waals surface area contributed by atoms with Gasteiger partial charge in [0.25, 0.3) is 0 Å². The maximum atomic E-state index is 13.0. The number of allylic oxidation sites excluding steroid dienone is 2. The first-order valence-corrected chi connectivity index (χ1v) is 16.4. The van der Waals surface area contributed by atoms with Gasteiger partial charge in [-0.2, -0.15) is 0 Å². The van der Waals surface area contributed by atoms with E-state index in [-0.39, 0.29) is 24.1 Å². The molecule has 248 valence electrons. The molecule has 1 fully saturated rings. The van der Waals surface area contributed by atoms with E-state index >= 15 is 0 Å². The molecular weight excluding hydrogens is 552 g/mol. The molecule has 0 N–H and O–H groups in total. The third kappa shape index (κ3) is 15.2. The van der Waals surface area contributed by atoms with Crippen molar-refractivity contribution in [2.24, 2.45) is 17.8 Å². The van der Waals surface area contributed by atoms with Crippen LogP contribution in [0.3, 0.4) is 0 Å². The van der Waals surface area contributed by atoms with E-state index < -0.39 is 36.2 Å². The molecule has 43 heavy (non-hydrogen) atoms. The summed E-state index contributed by atoms with van der Waals surface area (Å²) in [6, 6.07) is 0. The fraction of sp³-hybridized carbons (Fsp3) is 0.824. The van der Waals surface area contributed by atoms with Crippen molar-refractivity contribution in [2.75, 3.05) is 7.11 Å². The molecule has 7 atom stereocenters. The molecule has 0 bridgehead atoms. The molecule has 0 aromatic heterocycles. The minimum atomic E-state index is -1.18. The Bertz CT molecular complexity index is 868. The number of esters is 4. The van der Waals surface area contributed by atoms with Crippen molar-refractivity contribution in [3.05, 3.63) is 12.2 Å². The Morgan fingerprint density at radius 3 is 1.98 bits per heavy atom. The lowest BCUT2D eigenvalue weighted by molar-refractivity contribution is -0.182. The van der Waals surface area contributed by atoms with Crippen molar-refractivity contribution in [1.29, 1.82) is 0 Å². The lowest BCUT2D eigenvalue weighted by Gasteiger charge is -2.26. The Balaban J connectivity index is 2.77. The highest BCUT2D eigenvalue weighted by molar-refractivity contribution is 5.83. The second-order valence-corrected chi connectivity index (χ2v) is 12.2.